The van der Waals surface area contributed by atoms with Crippen LogP contribution in [0.5, 0.6) is 0 Å². The topological polar surface area (TPSA) is 34.1 Å². The predicted molar refractivity (Wildman–Crippen MR) is 224 cm³/mol. The lowest BCUT2D eigenvalue weighted by Crippen LogP contribution is -2.72. The molecule has 2 nitrogen and oxygen atoms in total. The van der Waals surface area contributed by atoms with E-state index in [4.69, 9.17) is 0 Å². The van der Waals surface area contributed by atoms with E-state index in [9.17, 15) is 0 Å². The molecule has 0 atom stereocenters. The summed E-state index contributed by atoms with van der Waals surface area (Å²) >= 11 is 3.32. The summed E-state index contributed by atoms with van der Waals surface area (Å²) in [5, 5.41) is 8.34. The van der Waals surface area contributed by atoms with Gasteiger partial charge < -0.3 is 9.13 Å². The van der Waals surface area contributed by atoms with E-state index in [1.807, 2.05) is 121 Å². The average Bonchev–Trinajstić information content (AvgIpc) is 3.92. The van der Waals surface area contributed by atoms with E-state index < -0.39 is 22.4 Å². The molecule has 9 rings (SSSR count). The first-order valence-electron chi connectivity index (χ1n) is 16.9. The van der Waals surface area contributed by atoms with Gasteiger partial charge in [0.15, 0.2) is 22.4 Å². The summed E-state index contributed by atoms with van der Waals surface area (Å²) in [7, 11) is -9.45. The number of fused-ring (bicyclic) bond motifs is 3. The molecule has 0 aliphatic carbocycles. The maximum absolute atomic E-state index is 15.8. The Labute approximate surface area is 307 Å². The molecule has 6 aromatic carbocycles. The Kier molecular flexibility index (Phi) is 8.15. The summed E-state index contributed by atoms with van der Waals surface area (Å²) < 4.78 is 33.4. The van der Waals surface area contributed by atoms with Crippen molar-refractivity contribution in [1.82, 2.24) is 0 Å². The van der Waals surface area contributed by atoms with Crippen molar-refractivity contribution in [3.63, 3.8) is 0 Å². The van der Waals surface area contributed by atoms with Crippen LogP contribution in [-0.4, -0.2) is 8.07 Å². The monoisotopic (exact) mass is 746 g/mol. The van der Waals surface area contributed by atoms with Gasteiger partial charge in [-0.3, -0.25) is 0 Å². The number of thiophene rings is 2. The average molecular weight is 747 g/mol. The molecular weight excluding hydrogens is 715 g/mol. The van der Waals surface area contributed by atoms with Gasteiger partial charge in [-0.25, -0.2) is 0 Å². The third-order valence-electron chi connectivity index (χ3n) is 9.97. The van der Waals surface area contributed by atoms with Gasteiger partial charge in [-0.15, -0.1) is 22.7 Å². The minimum absolute atomic E-state index is 0.826. The standard InChI is InChI=1S/C44H32O2P2S2Si/c45-47(33-19-7-1-8-20-33,34-21-9-2-10-22-34)41-31-39-43(49-41)44-40(51(39,37-27-15-5-16-28-37)38-29-17-6-18-30-38)32-42(50-44)48(46,35-23-11-3-12-24-35)36-25-13-4-14-26-36/h1-32H. The maximum Gasteiger partial charge on any atom is 0.182 e. The molecule has 0 spiro atoms. The Morgan fingerprint density at radius 1 is 0.353 bits per heavy atom. The third-order valence-corrected chi connectivity index (χ3v) is 24.9. The smallest absolute Gasteiger partial charge is 0.182 e. The molecule has 0 unspecified atom stereocenters. The van der Waals surface area contributed by atoms with Crippen LogP contribution in [0.2, 0.25) is 0 Å². The lowest BCUT2D eigenvalue weighted by atomic mass is 10.4. The molecule has 246 valence electrons. The molecular formula is C44H32O2P2S2Si. The minimum Gasteiger partial charge on any atom is -0.308 e. The van der Waals surface area contributed by atoms with Crippen molar-refractivity contribution < 1.29 is 9.13 Å². The summed E-state index contributed by atoms with van der Waals surface area (Å²) in [6.45, 7) is 0. The summed E-state index contributed by atoms with van der Waals surface area (Å²) in [4.78, 5) is 2.30. The molecule has 1 aliphatic heterocycles. The highest BCUT2D eigenvalue weighted by Crippen LogP contribution is 2.50. The van der Waals surface area contributed by atoms with Crippen LogP contribution >= 0.6 is 37.0 Å². The van der Waals surface area contributed by atoms with E-state index in [-0.39, 0.29) is 0 Å². The van der Waals surface area contributed by atoms with Crippen molar-refractivity contribution in [1.29, 1.82) is 0 Å². The van der Waals surface area contributed by atoms with Crippen LogP contribution in [0.25, 0.3) is 9.75 Å². The number of benzene rings is 6. The first-order valence-corrected chi connectivity index (χ1v) is 23.9. The van der Waals surface area contributed by atoms with E-state index in [2.05, 4.69) is 72.8 Å². The van der Waals surface area contributed by atoms with Gasteiger partial charge in [0.1, 0.15) is 0 Å². The third kappa shape index (κ3) is 4.95. The Morgan fingerprint density at radius 2 is 0.608 bits per heavy atom. The quantitative estimate of drug-likeness (QED) is 0.133. The molecule has 8 aromatic rings. The van der Waals surface area contributed by atoms with E-state index >= 15 is 9.13 Å². The fraction of sp³-hybridized carbons (Fsp3) is 0. The van der Waals surface area contributed by atoms with Crippen molar-refractivity contribution in [2.75, 3.05) is 0 Å². The zero-order chi connectivity index (χ0) is 34.5. The molecule has 0 saturated carbocycles. The molecule has 0 amide bonds. The Bertz CT molecular complexity index is 2300. The molecule has 0 bridgehead atoms. The molecule has 2 aromatic heterocycles. The van der Waals surface area contributed by atoms with Crippen molar-refractivity contribution in [3.05, 3.63) is 194 Å². The summed E-state index contributed by atoms with van der Waals surface area (Å²) in [6.07, 6.45) is 0. The zero-order valence-electron chi connectivity index (χ0n) is 27.5. The van der Waals surface area contributed by atoms with Gasteiger partial charge in [0, 0.05) is 31.0 Å². The predicted octanol–water partition coefficient (Wildman–Crippen LogP) is 6.45. The molecule has 1 aliphatic rings. The number of hydrogen-bond acceptors (Lipinski definition) is 4. The summed E-state index contributed by atoms with van der Waals surface area (Å²) in [5.74, 6) is 0. The van der Waals surface area contributed by atoms with Gasteiger partial charge in [-0.2, -0.15) is 0 Å². The first-order chi connectivity index (χ1) is 25.1. The molecule has 51 heavy (non-hydrogen) atoms. The molecule has 3 heterocycles. The SMILES string of the molecule is O=P(c1ccccc1)(c1ccccc1)c1cc2c(s1)-c1sc(P(=O)(c3ccccc3)c3ccccc3)cc1[Si]2(c1ccccc1)c1ccccc1. The van der Waals surface area contributed by atoms with Crippen LogP contribution in [0.3, 0.4) is 0 Å². The van der Waals surface area contributed by atoms with E-state index in [0.29, 0.717) is 0 Å². The maximum atomic E-state index is 15.8. The summed E-state index contributed by atoms with van der Waals surface area (Å²) in [6, 6.07) is 66.0. The van der Waals surface area contributed by atoms with Gasteiger partial charge >= 0.3 is 0 Å². The molecule has 7 heteroatoms. The highest BCUT2D eigenvalue weighted by molar-refractivity contribution is 7.90. The van der Waals surface area contributed by atoms with Crippen molar-refractivity contribution in [2.45, 2.75) is 0 Å². The second kappa shape index (κ2) is 12.9. The van der Waals surface area contributed by atoms with Gasteiger partial charge in [0.2, 0.25) is 0 Å². The number of rotatable bonds is 8. The highest BCUT2D eigenvalue weighted by atomic mass is 32.1. The highest BCUT2D eigenvalue weighted by Gasteiger charge is 2.53. The van der Waals surface area contributed by atoms with Crippen molar-refractivity contribution in [2.24, 2.45) is 0 Å². The Balaban J connectivity index is 1.38. The van der Waals surface area contributed by atoms with Gasteiger partial charge in [0.05, 0.1) is 9.24 Å². The van der Waals surface area contributed by atoms with Crippen LogP contribution in [0.1, 0.15) is 0 Å². The van der Waals surface area contributed by atoms with Crippen LogP contribution in [-0.2, 0) is 9.13 Å². The van der Waals surface area contributed by atoms with E-state index in [1.54, 1.807) is 22.7 Å². The van der Waals surface area contributed by atoms with Gasteiger partial charge in [0.25, 0.3) is 0 Å². The lowest BCUT2D eigenvalue weighted by Gasteiger charge is -2.30. The van der Waals surface area contributed by atoms with E-state index in [0.717, 1.165) is 40.2 Å². The van der Waals surface area contributed by atoms with E-state index in [1.165, 1.54) is 20.7 Å². The second-order valence-corrected chi connectivity index (χ2v) is 24.6. The number of hydrogen-bond donors (Lipinski definition) is 0. The van der Waals surface area contributed by atoms with Gasteiger partial charge in [-0.1, -0.05) is 182 Å². The first kappa shape index (κ1) is 32.3. The lowest BCUT2D eigenvalue weighted by molar-refractivity contribution is 0.592. The van der Waals surface area contributed by atoms with Crippen molar-refractivity contribution >= 4 is 96.2 Å². The van der Waals surface area contributed by atoms with Crippen LogP contribution in [0.4, 0.5) is 0 Å². The van der Waals surface area contributed by atoms with Gasteiger partial charge in [-0.05, 0) is 32.9 Å². The largest absolute Gasteiger partial charge is 0.308 e. The zero-order valence-corrected chi connectivity index (χ0v) is 31.9. The molecule has 0 saturated heterocycles. The Hall–Kier alpha value is -4.60. The van der Waals surface area contributed by atoms with Crippen LogP contribution in [0, 0.1) is 0 Å². The Morgan fingerprint density at radius 3 is 0.882 bits per heavy atom. The molecule has 0 fully saturated rings. The fourth-order valence-electron chi connectivity index (χ4n) is 7.63. The van der Waals surface area contributed by atoms with Crippen LogP contribution < -0.4 is 51.2 Å². The minimum atomic E-state index is -3.24. The molecule has 0 radical (unpaired) electrons. The summed E-state index contributed by atoms with van der Waals surface area (Å²) in [5.41, 5.74) is 0. The van der Waals surface area contributed by atoms with Crippen molar-refractivity contribution in [3.8, 4) is 9.75 Å². The van der Waals surface area contributed by atoms with Crippen LogP contribution in [0.15, 0.2) is 194 Å². The molecule has 0 N–H and O–H groups in total. The second-order valence-electron chi connectivity index (χ2n) is 12.7. The fourth-order valence-corrected chi connectivity index (χ4v) is 23.6. The normalized spacial score (nSPS) is 13.4.